The fraction of sp³-hybridized carbons (Fsp3) is 0.467. The number of nitrogens with zero attached hydrogens (tertiary/aromatic N) is 2. The molecule has 0 amide bonds. The lowest BCUT2D eigenvalue weighted by molar-refractivity contribution is -0.661. The molecule has 0 N–H and O–H groups in total. The molecule has 0 fully saturated rings. The van der Waals surface area contributed by atoms with Gasteiger partial charge in [0.1, 0.15) is 0 Å². The molecule has 1 aromatic carbocycles. The Labute approximate surface area is 134 Å². The van der Waals surface area contributed by atoms with E-state index < -0.39 is 0 Å². The first kappa shape index (κ1) is 16.1. The third-order valence-corrected chi connectivity index (χ3v) is 3.99. The van der Waals surface area contributed by atoms with Crippen molar-refractivity contribution in [3.05, 3.63) is 28.5 Å². The number of carbonyl (C=O) groups is 1. The van der Waals surface area contributed by atoms with E-state index >= 15 is 0 Å². The summed E-state index contributed by atoms with van der Waals surface area (Å²) in [6.45, 7) is 5.36. The van der Waals surface area contributed by atoms with Crippen molar-refractivity contribution in [1.82, 2.24) is 4.57 Å². The smallest absolute Gasteiger partial charge is 0.348 e. The van der Waals surface area contributed by atoms with E-state index in [1.807, 2.05) is 17.0 Å². The Kier molecular flexibility index (Phi) is 5.48. The quantitative estimate of drug-likeness (QED) is 0.599. The second-order valence-electron chi connectivity index (χ2n) is 4.85. The highest BCUT2D eigenvalue weighted by molar-refractivity contribution is 6.42. The average Bonchev–Trinajstić information content (AvgIpc) is 2.75. The molecule has 2 rings (SSSR count). The van der Waals surface area contributed by atoms with Crippen molar-refractivity contribution in [2.24, 2.45) is 0 Å². The average molecular weight is 330 g/mol. The van der Waals surface area contributed by atoms with Gasteiger partial charge in [0.05, 0.1) is 23.2 Å². The van der Waals surface area contributed by atoms with Crippen molar-refractivity contribution in [1.29, 1.82) is 0 Å². The fourth-order valence-corrected chi connectivity index (χ4v) is 2.57. The molecule has 0 radical (unpaired) electrons. The molecule has 2 aromatic rings. The van der Waals surface area contributed by atoms with Crippen LogP contribution in [0.1, 0.15) is 26.7 Å². The molecular weight excluding hydrogens is 311 g/mol. The van der Waals surface area contributed by atoms with E-state index in [2.05, 4.69) is 11.5 Å². The van der Waals surface area contributed by atoms with Gasteiger partial charge in [0.2, 0.25) is 6.33 Å². The highest BCUT2D eigenvalue weighted by Gasteiger charge is 2.20. The van der Waals surface area contributed by atoms with Crippen molar-refractivity contribution >= 4 is 40.2 Å². The SMILES string of the molecule is CCCCn1c[n+](CC(=O)OCC)c2cc(Cl)c(Cl)cc21. The lowest BCUT2D eigenvalue weighted by Crippen LogP contribution is -2.37. The summed E-state index contributed by atoms with van der Waals surface area (Å²) in [4.78, 5) is 11.7. The second-order valence-corrected chi connectivity index (χ2v) is 5.66. The van der Waals surface area contributed by atoms with E-state index in [0.717, 1.165) is 30.4 Å². The Hall–Kier alpha value is -1.26. The molecule has 0 atom stereocenters. The van der Waals surface area contributed by atoms with Gasteiger partial charge in [-0.25, -0.2) is 13.9 Å². The molecule has 0 spiro atoms. The summed E-state index contributed by atoms with van der Waals surface area (Å²) in [6.07, 6.45) is 4.08. The molecule has 21 heavy (non-hydrogen) atoms. The summed E-state index contributed by atoms with van der Waals surface area (Å²) in [5, 5.41) is 0.998. The summed E-state index contributed by atoms with van der Waals surface area (Å²) in [7, 11) is 0. The largest absolute Gasteiger partial charge is 0.463 e. The molecule has 1 heterocycles. The molecule has 1 aromatic heterocycles. The van der Waals surface area contributed by atoms with Gasteiger partial charge in [-0.2, -0.15) is 0 Å². The zero-order chi connectivity index (χ0) is 15.4. The van der Waals surface area contributed by atoms with Gasteiger partial charge in [-0.1, -0.05) is 36.5 Å². The number of carbonyl (C=O) groups excluding carboxylic acids is 1. The molecule has 0 aliphatic heterocycles. The van der Waals surface area contributed by atoms with Crippen LogP contribution < -0.4 is 4.57 Å². The number of rotatable bonds is 6. The maximum absolute atomic E-state index is 11.7. The lowest BCUT2D eigenvalue weighted by atomic mass is 10.3. The van der Waals surface area contributed by atoms with Gasteiger partial charge in [-0.05, 0) is 13.3 Å². The lowest BCUT2D eigenvalue weighted by Gasteiger charge is -1.99. The number of halogens is 2. The topological polar surface area (TPSA) is 35.1 Å². The third-order valence-electron chi connectivity index (χ3n) is 3.27. The molecule has 0 aliphatic carbocycles. The number of aryl methyl sites for hydroxylation is 1. The maximum atomic E-state index is 11.7. The Morgan fingerprint density at radius 1 is 1.29 bits per heavy atom. The summed E-state index contributed by atoms with van der Waals surface area (Å²) in [6, 6.07) is 3.64. The minimum atomic E-state index is -0.261. The monoisotopic (exact) mass is 329 g/mol. The highest BCUT2D eigenvalue weighted by Crippen LogP contribution is 2.26. The van der Waals surface area contributed by atoms with Gasteiger partial charge < -0.3 is 4.74 Å². The normalized spacial score (nSPS) is 11.0. The summed E-state index contributed by atoms with van der Waals surface area (Å²) in [5.74, 6) is -0.261. The minimum Gasteiger partial charge on any atom is -0.463 e. The first-order valence-electron chi connectivity index (χ1n) is 7.09. The molecule has 4 nitrogen and oxygen atoms in total. The highest BCUT2D eigenvalue weighted by atomic mass is 35.5. The third kappa shape index (κ3) is 3.69. The van der Waals surface area contributed by atoms with E-state index in [1.165, 1.54) is 0 Å². The number of esters is 1. The van der Waals surface area contributed by atoms with Crippen molar-refractivity contribution in [3.63, 3.8) is 0 Å². The van der Waals surface area contributed by atoms with Crippen LogP contribution in [0.15, 0.2) is 18.5 Å². The van der Waals surface area contributed by atoms with Gasteiger partial charge in [0.15, 0.2) is 17.6 Å². The number of hydrogen-bond acceptors (Lipinski definition) is 2. The van der Waals surface area contributed by atoms with Crippen LogP contribution in [0.2, 0.25) is 10.0 Å². The van der Waals surface area contributed by atoms with Crippen LogP contribution in [0.25, 0.3) is 11.0 Å². The number of aromatic nitrogens is 2. The van der Waals surface area contributed by atoms with Crippen LogP contribution in [-0.4, -0.2) is 17.1 Å². The van der Waals surface area contributed by atoms with Crippen molar-refractivity contribution < 1.29 is 14.1 Å². The number of fused-ring (bicyclic) bond motifs is 1. The van der Waals surface area contributed by atoms with Crippen LogP contribution in [0.4, 0.5) is 0 Å². The molecule has 0 saturated carbocycles. The second kappa shape index (κ2) is 7.14. The van der Waals surface area contributed by atoms with E-state index in [9.17, 15) is 4.79 Å². The molecular formula is C15H19Cl2N2O2+. The molecule has 0 saturated heterocycles. The van der Waals surface area contributed by atoms with E-state index in [4.69, 9.17) is 27.9 Å². The predicted octanol–water partition coefficient (Wildman–Crippen LogP) is 3.60. The predicted molar refractivity (Wildman–Crippen MR) is 83.7 cm³/mol. The summed E-state index contributed by atoms with van der Waals surface area (Å²) < 4.78 is 8.96. The number of ether oxygens (including phenoxy) is 1. The van der Waals surface area contributed by atoms with Gasteiger partial charge in [-0.3, -0.25) is 0 Å². The summed E-state index contributed by atoms with van der Waals surface area (Å²) >= 11 is 12.2. The molecule has 6 heteroatoms. The zero-order valence-corrected chi connectivity index (χ0v) is 13.7. The summed E-state index contributed by atoms with van der Waals surface area (Å²) in [5.41, 5.74) is 1.86. The Balaban J connectivity index is 2.44. The Morgan fingerprint density at radius 2 is 2.00 bits per heavy atom. The van der Waals surface area contributed by atoms with Gasteiger partial charge in [-0.15, -0.1) is 0 Å². The van der Waals surface area contributed by atoms with Crippen LogP contribution in [0.5, 0.6) is 0 Å². The molecule has 0 bridgehead atoms. The van der Waals surface area contributed by atoms with Gasteiger partial charge in [0, 0.05) is 12.1 Å². The number of unbranched alkanes of at least 4 members (excludes halogenated alkanes) is 1. The van der Waals surface area contributed by atoms with Crippen molar-refractivity contribution in [2.45, 2.75) is 39.8 Å². The molecule has 0 aliphatic rings. The number of hydrogen-bond donors (Lipinski definition) is 0. The van der Waals surface area contributed by atoms with E-state index in [0.29, 0.717) is 16.7 Å². The van der Waals surface area contributed by atoms with Crippen LogP contribution in [-0.2, 0) is 22.6 Å². The first-order chi connectivity index (χ1) is 10.1. The van der Waals surface area contributed by atoms with E-state index in [-0.39, 0.29) is 12.5 Å². The van der Waals surface area contributed by atoms with Crippen LogP contribution >= 0.6 is 23.2 Å². The van der Waals surface area contributed by atoms with Crippen LogP contribution in [0.3, 0.4) is 0 Å². The van der Waals surface area contributed by atoms with Gasteiger partial charge >= 0.3 is 5.97 Å². The van der Waals surface area contributed by atoms with Gasteiger partial charge in [0.25, 0.3) is 0 Å². The van der Waals surface area contributed by atoms with Crippen LogP contribution in [0, 0.1) is 0 Å². The standard InChI is InChI=1S/C15H19Cl2N2O2/c1-3-5-6-18-10-19(9-15(20)21-4-2)14-8-12(17)11(16)7-13(14)18/h7-8,10H,3-6,9H2,1-2H3/q+1. The number of benzene rings is 1. The zero-order valence-electron chi connectivity index (χ0n) is 12.2. The van der Waals surface area contributed by atoms with E-state index in [1.54, 1.807) is 13.0 Å². The van der Waals surface area contributed by atoms with Crippen molar-refractivity contribution in [2.75, 3.05) is 6.61 Å². The fourth-order valence-electron chi connectivity index (χ4n) is 2.26. The molecule has 114 valence electrons. The Morgan fingerprint density at radius 3 is 2.67 bits per heavy atom. The maximum Gasteiger partial charge on any atom is 0.348 e. The van der Waals surface area contributed by atoms with Crippen molar-refractivity contribution in [3.8, 4) is 0 Å². The minimum absolute atomic E-state index is 0.168. The Bertz CT molecular complexity index is 653. The first-order valence-corrected chi connectivity index (χ1v) is 7.85. The number of imidazole rings is 1. The molecule has 0 unspecified atom stereocenters.